The molecule has 0 bridgehead atoms. The second kappa shape index (κ2) is 11.3. The van der Waals surface area contributed by atoms with Gasteiger partial charge in [0.1, 0.15) is 11.5 Å². The first-order valence-electron chi connectivity index (χ1n) is 12.7. The van der Waals surface area contributed by atoms with Crippen molar-refractivity contribution in [1.29, 1.82) is 0 Å². The quantitative estimate of drug-likeness (QED) is 0.189. The van der Waals surface area contributed by atoms with E-state index in [2.05, 4.69) is 86.6 Å². The van der Waals surface area contributed by atoms with Gasteiger partial charge in [-0.25, -0.2) is 0 Å². The zero-order valence-corrected chi connectivity index (χ0v) is 20.9. The first-order valence-corrected chi connectivity index (χ1v) is 12.7. The van der Waals surface area contributed by atoms with Gasteiger partial charge in [-0.3, -0.25) is 0 Å². The number of fused-ring (bicyclic) bond motifs is 2. The van der Waals surface area contributed by atoms with Gasteiger partial charge in [-0.15, -0.1) is 0 Å². The third-order valence-electron chi connectivity index (χ3n) is 6.72. The first-order chi connectivity index (χ1) is 17.7. The summed E-state index contributed by atoms with van der Waals surface area (Å²) < 4.78 is 18.6. The van der Waals surface area contributed by atoms with Crippen molar-refractivity contribution in [3.63, 3.8) is 0 Å². The molecule has 0 aliphatic rings. The molecule has 3 nitrogen and oxygen atoms in total. The number of rotatable bonds is 10. The topological polar surface area (TPSA) is 27.7 Å². The van der Waals surface area contributed by atoms with Gasteiger partial charge in [0.15, 0.2) is 6.61 Å². The minimum absolute atomic E-state index is 0.278. The fourth-order valence-electron chi connectivity index (χ4n) is 4.41. The summed E-state index contributed by atoms with van der Waals surface area (Å²) in [4.78, 5) is 0. The molecule has 0 spiro atoms. The zero-order chi connectivity index (χ0) is 24.7. The standard InChI is InChI=1S/C33H32O3/c1-3-24(2)26-16-17-28-21-31(19-18-27(28)20-26)36-33(23-34-30-13-5-4-6-14-30)35-22-29-12-9-11-25-10-7-8-15-32(25)29/h4-21,24,33H,3,22-23H2,1-2H3. The molecule has 5 rings (SSSR count). The van der Waals surface area contributed by atoms with Crippen LogP contribution in [0.15, 0.2) is 109 Å². The molecule has 36 heavy (non-hydrogen) atoms. The smallest absolute Gasteiger partial charge is 0.234 e. The third kappa shape index (κ3) is 5.69. The normalized spacial score (nSPS) is 12.9. The Morgan fingerprint density at radius 1 is 0.667 bits per heavy atom. The average Bonchev–Trinajstić information content (AvgIpc) is 2.94. The molecule has 0 fully saturated rings. The monoisotopic (exact) mass is 476 g/mol. The van der Waals surface area contributed by atoms with E-state index in [0.29, 0.717) is 12.5 Å². The van der Waals surface area contributed by atoms with Gasteiger partial charge < -0.3 is 14.2 Å². The van der Waals surface area contributed by atoms with Crippen LogP contribution in [-0.2, 0) is 11.3 Å². The van der Waals surface area contributed by atoms with Crippen LogP contribution in [0.1, 0.15) is 37.3 Å². The van der Waals surface area contributed by atoms with Crippen LogP contribution in [0.2, 0.25) is 0 Å². The van der Waals surface area contributed by atoms with E-state index in [0.717, 1.165) is 28.9 Å². The van der Waals surface area contributed by atoms with Crippen LogP contribution in [0.4, 0.5) is 0 Å². The SMILES string of the molecule is CCC(C)c1ccc2cc(OC(COc3ccccc3)OCc3cccc4ccccc34)ccc2c1. The second-order valence-electron chi connectivity index (χ2n) is 9.20. The van der Waals surface area contributed by atoms with E-state index in [4.69, 9.17) is 14.2 Å². The van der Waals surface area contributed by atoms with Crippen LogP contribution < -0.4 is 9.47 Å². The van der Waals surface area contributed by atoms with Gasteiger partial charge in [-0.1, -0.05) is 98.8 Å². The van der Waals surface area contributed by atoms with Gasteiger partial charge in [0.25, 0.3) is 0 Å². The molecule has 3 heteroatoms. The van der Waals surface area contributed by atoms with Gasteiger partial charge >= 0.3 is 0 Å². The number of ether oxygens (including phenoxy) is 3. The third-order valence-corrected chi connectivity index (χ3v) is 6.72. The lowest BCUT2D eigenvalue weighted by molar-refractivity contribution is -0.109. The van der Waals surface area contributed by atoms with Crippen LogP contribution in [0.25, 0.3) is 21.5 Å². The Hall–Kier alpha value is -3.82. The molecule has 0 heterocycles. The molecule has 182 valence electrons. The Labute approximate surface area is 213 Å². The molecule has 0 radical (unpaired) electrons. The fourth-order valence-corrected chi connectivity index (χ4v) is 4.41. The van der Waals surface area contributed by atoms with E-state index in [1.54, 1.807) is 0 Å². The molecular weight excluding hydrogens is 444 g/mol. The van der Waals surface area contributed by atoms with Gasteiger partial charge in [0, 0.05) is 0 Å². The fraction of sp³-hybridized carbons (Fsp3) is 0.212. The summed E-state index contributed by atoms with van der Waals surface area (Å²) in [6, 6.07) is 37.3. The molecule has 0 N–H and O–H groups in total. The van der Waals surface area contributed by atoms with Crippen molar-refractivity contribution >= 4 is 21.5 Å². The predicted molar refractivity (Wildman–Crippen MR) is 148 cm³/mol. The highest BCUT2D eigenvalue weighted by Crippen LogP contribution is 2.27. The Bertz CT molecular complexity index is 1420. The molecule has 0 saturated heterocycles. The number of hydrogen-bond acceptors (Lipinski definition) is 3. The Morgan fingerprint density at radius 2 is 1.42 bits per heavy atom. The Kier molecular flexibility index (Phi) is 7.49. The highest BCUT2D eigenvalue weighted by atomic mass is 16.7. The van der Waals surface area contributed by atoms with E-state index in [-0.39, 0.29) is 6.61 Å². The predicted octanol–water partition coefficient (Wildman–Crippen LogP) is 8.51. The lowest BCUT2D eigenvalue weighted by Crippen LogP contribution is -2.28. The van der Waals surface area contributed by atoms with Crippen molar-refractivity contribution in [2.75, 3.05) is 6.61 Å². The number of para-hydroxylation sites is 1. The molecule has 5 aromatic rings. The van der Waals surface area contributed by atoms with E-state index in [1.165, 1.54) is 21.7 Å². The maximum absolute atomic E-state index is 6.33. The van der Waals surface area contributed by atoms with E-state index in [1.807, 2.05) is 36.4 Å². The number of benzene rings is 5. The van der Waals surface area contributed by atoms with E-state index in [9.17, 15) is 0 Å². The van der Waals surface area contributed by atoms with Crippen molar-refractivity contribution in [2.24, 2.45) is 0 Å². The highest BCUT2D eigenvalue weighted by molar-refractivity contribution is 5.86. The molecular formula is C33H32O3. The van der Waals surface area contributed by atoms with Crippen LogP contribution in [0.3, 0.4) is 0 Å². The lowest BCUT2D eigenvalue weighted by atomic mass is 9.96. The summed E-state index contributed by atoms with van der Waals surface area (Å²) in [5, 5.41) is 4.75. The summed E-state index contributed by atoms with van der Waals surface area (Å²) in [5.74, 6) is 2.10. The highest BCUT2D eigenvalue weighted by Gasteiger charge is 2.15. The van der Waals surface area contributed by atoms with Crippen LogP contribution >= 0.6 is 0 Å². The molecule has 5 aromatic carbocycles. The van der Waals surface area contributed by atoms with Crippen LogP contribution in [-0.4, -0.2) is 12.9 Å². The Morgan fingerprint density at radius 3 is 2.28 bits per heavy atom. The van der Waals surface area contributed by atoms with Crippen LogP contribution in [0.5, 0.6) is 11.5 Å². The van der Waals surface area contributed by atoms with Crippen molar-refractivity contribution in [3.8, 4) is 11.5 Å². The summed E-state index contributed by atoms with van der Waals surface area (Å²) >= 11 is 0. The Balaban J connectivity index is 1.35. The van der Waals surface area contributed by atoms with E-state index < -0.39 is 6.29 Å². The lowest BCUT2D eigenvalue weighted by Gasteiger charge is -2.21. The molecule has 0 aliphatic carbocycles. The van der Waals surface area contributed by atoms with E-state index >= 15 is 0 Å². The summed E-state index contributed by atoms with van der Waals surface area (Å²) in [7, 11) is 0. The molecule has 2 atom stereocenters. The molecule has 0 saturated carbocycles. The minimum atomic E-state index is -0.569. The maximum atomic E-state index is 6.33. The molecule has 2 unspecified atom stereocenters. The van der Waals surface area contributed by atoms with Gasteiger partial charge in [-0.2, -0.15) is 0 Å². The number of hydrogen-bond donors (Lipinski definition) is 0. The van der Waals surface area contributed by atoms with Crippen molar-refractivity contribution in [3.05, 3.63) is 120 Å². The molecule has 0 aromatic heterocycles. The van der Waals surface area contributed by atoms with Gasteiger partial charge in [0.05, 0.1) is 6.61 Å². The van der Waals surface area contributed by atoms with Gasteiger partial charge in [0.2, 0.25) is 6.29 Å². The second-order valence-corrected chi connectivity index (χ2v) is 9.20. The van der Waals surface area contributed by atoms with Crippen molar-refractivity contribution in [2.45, 2.75) is 39.1 Å². The first kappa shape index (κ1) is 23.9. The van der Waals surface area contributed by atoms with Gasteiger partial charge in [-0.05, 0) is 69.3 Å². The maximum Gasteiger partial charge on any atom is 0.234 e. The summed E-state index contributed by atoms with van der Waals surface area (Å²) in [6.45, 7) is 5.20. The largest absolute Gasteiger partial charge is 0.487 e. The molecule has 0 aliphatic heterocycles. The minimum Gasteiger partial charge on any atom is -0.487 e. The van der Waals surface area contributed by atoms with Crippen LogP contribution in [0, 0.1) is 0 Å². The summed E-state index contributed by atoms with van der Waals surface area (Å²) in [6.07, 6.45) is 0.560. The zero-order valence-electron chi connectivity index (χ0n) is 20.9. The summed E-state index contributed by atoms with van der Waals surface area (Å²) in [5.41, 5.74) is 2.49. The average molecular weight is 477 g/mol. The van der Waals surface area contributed by atoms with Crippen molar-refractivity contribution in [1.82, 2.24) is 0 Å². The van der Waals surface area contributed by atoms with Crippen molar-refractivity contribution < 1.29 is 14.2 Å². The molecule has 0 amide bonds.